The van der Waals surface area contributed by atoms with Gasteiger partial charge in [-0.15, -0.1) is 0 Å². The molecule has 2 aromatic rings. The summed E-state index contributed by atoms with van der Waals surface area (Å²) < 4.78 is 0. The highest BCUT2D eigenvalue weighted by Crippen LogP contribution is 2.32. The molecule has 166 valence electrons. The van der Waals surface area contributed by atoms with Crippen LogP contribution in [0.3, 0.4) is 0 Å². The van der Waals surface area contributed by atoms with E-state index in [1.54, 1.807) is 0 Å². The molecule has 0 aromatic heterocycles. The summed E-state index contributed by atoms with van der Waals surface area (Å²) in [5, 5.41) is 14.1. The maximum Gasteiger partial charge on any atom is 0.278 e. The number of nitrogens with one attached hydrogen (secondary N) is 1. The molecular formula is C24H26N4O4. The normalized spacial score (nSPS) is 16.5. The topological polar surface area (TPSA) is 95.8 Å². The zero-order valence-electron chi connectivity index (χ0n) is 18.2. The van der Waals surface area contributed by atoms with Gasteiger partial charge in [0.25, 0.3) is 17.5 Å². The van der Waals surface area contributed by atoms with Gasteiger partial charge in [-0.1, -0.05) is 13.8 Å². The Hall–Kier alpha value is -3.68. The van der Waals surface area contributed by atoms with Crippen molar-refractivity contribution in [3.63, 3.8) is 0 Å². The third-order valence-electron chi connectivity index (χ3n) is 5.69. The van der Waals surface area contributed by atoms with Crippen LogP contribution in [0.4, 0.5) is 17.1 Å². The van der Waals surface area contributed by atoms with E-state index in [1.807, 2.05) is 38.1 Å². The largest absolute Gasteiger partial charge is 0.372 e. The van der Waals surface area contributed by atoms with Crippen molar-refractivity contribution in [1.29, 1.82) is 0 Å². The number of carbonyl (C=O) groups excluding carboxylic acids is 2. The Labute approximate surface area is 186 Å². The number of imide groups is 1. The number of nitro groups is 1. The number of anilines is 2. The fraction of sp³-hybridized carbons (Fsp3) is 0.333. The van der Waals surface area contributed by atoms with E-state index in [9.17, 15) is 19.7 Å². The summed E-state index contributed by atoms with van der Waals surface area (Å²) in [7, 11) is 0. The summed E-state index contributed by atoms with van der Waals surface area (Å²) in [4.78, 5) is 40.4. The van der Waals surface area contributed by atoms with Crippen LogP contribution in [0.15, 0.2) is 54.2 Å². The molecule has 2 aliphatic rings. The Morgan fingerprint density at radius 1 is 0.969 bits per heavy atom. The van der Waals surface area contributed by atoms with Gasteiger partial charge in [0, 0.05) is 43.1 Å². The van der Waals surface area contributed by atoms with E-state index in [4.69, 9.17) is 0 Å². The predicted molar refractivity (Wildman–Crippen MR) is 123 cm³/mol. The van der Waals surface area contributed by atoms with Gasteiger partial charge in [0.05, 0.1) is 10.5 Å². The van der Waals surface area contributed by atoms with Crippen molar-refractivity contribution in [3.05, 3.63) is 69.9 Å². The van der Waals surface area contributed by atoms with Crippen molar-refractivity contribution in [2.24, 2.45) is 5.92 Å². The Balaban J connectivity index is 1.67. The van der Waals surface area contributed by atoms with Gasteiger partial charge in [-0.05, 0) is 60.7 Å². The van der Waals surface area contributed by atoms with E-state index in [1.165, 1.54) is 42.0 Å². The number of nitro benzene ring substituents is 1. The van der Waals surface area contributed by atoms with E-state index in [-0.39, 0.29) is 28.8 Å². The molecule has 2 aliphatic heterocycles. The van der Waals surface area contributed by atoms with Crippen LogP contribution in [0, 0.1) is 16.0 Å². The van der Waals surface area contributed by atoms with E-state index in [0.717, 1.165) is 18.8 Å². The quantitative estimate of drug-likeness (QED) is 0.401. The molecular weight excluding hydrogens is 408 g/mol. The fourth-order valence-electron chi connectivity index (χ4n) is 4.12. The van der Waals surface area contributed by atoms with Gasteiger partial charge in [-0.3, -0.25) is 24.6 Å². The summed E-state index contributed by atoms with van der Waals surface area (Å²) in [6, 6.07) is 13.5. The van der Waals surface area contributed by atoms with E-state index in [2.05, 4.69) is 10.2 Å². The monoisotopic (exact) mass is 434 g/mol. The Morgan fingerprint density at radius 2 is 1.59 bits per heavy atom. The molecule has 1 fully saturated rings. The molecule has 0 bridgehead atoms. The maximum atomic E-state index is 13.2. The van der Waals surface area contributed by atoms with Crippen LogP contribution in [-0.4, -0.2) is 41.3 Å². The third-order valence-corrected chi connectivity index (χ3v) is 5.69. The zero-order chi connectivity index (χ0) is 22.8. The highest BCUT2D eigenvalue weighted by Gasteiger charge is 2.39. The molecule has 0 aliphatic carbocycles. The summed E-state index contributed by atoms with van der Waals surface area (Å²) in [6.45, 7) is 6.26. The van der Waals surface area contributed by atoms with Crippen LogP contribution in [0.2, 0.25) is 0 Å². The first-order valence-electron chi connectivity index (χ1n) is 10.8. The lowest BCUT2D eigenvalue weighted by Crippen LogP contribution is -2.35. The second kappa shape index (κ2) is 8.82. The second-order valence-electron chi connectivity index (χ2n) is 8.53. The van der Waals surface area contributed by atoms with Gasteiger partial charge in [-0.25, -0.2) is 0 Å². The van der Waals surface area contributed by atoms with Crippen molar-refractivity contribution in [1.82, 2.24) is 4.90 Å². The number of amides is 2. The lowest BCUT2D eigenvalue weighted by atomic mass is 10.0. The lowest BCUT2D eigenvalue weighted by molar-refractivity contribution is -0.384. The number of nitrogens with zero attached hydrogens (tertiary/aromatic N) is 3. The molecule has 2 heterocycles. The minimum Gasteiger partial charge on any atom is -0.372 e. The molecule has 2 aromatic carbocycles. The zero-order valence-corrected chi connectivity index (χ0v) is 18.2. The summed E-state index contributed by atoms with van der Waals surface area (Å²) in [6.07, 6.45) is 2.38. The van der Waals surface area contributed by atoms with Crippen molar-refractivity contribution in [2.75, 3.05) is 29.9 Å². The van der Waals surface area contributed by atoms with Gasteiger partial charge in [0.2, 0.25) is 0 Å². The smallest absolute Gasteiger partial charge is 0.278 e. The highest BCUT2D eigenvalue weighted by atomic mass is 16.6. The van der Waals surface area contributed by atoms with E-state index >= 15 is 0 Å². The number of hydrogen-bond acceptors (Lipinski definition) is 6. The third kappa shape index (κ3) is 4.21. The molecule has 1 saturated heterocycles. The van der Waals surface area contributed by atoms with Crippen LogP contribution >= 0.6 is 0 Å². The Morgan fingerprint density at radius 3 is 2.16 bits per heavy atom. The number of benzene rings is 2. The van der Waals surface area contributed by atoms with Gasteiger partial charge in [0.15, 0.2) is 0 Å². The highest BCUT2D eigenvalue weighted by molar-refractivity contribution is 6.36. The van der Waals surface area contributed by atoms with E-state index < -0.39 is 10.8 Å². The minimum atomic E-state index is -0.494. The van der Waals surface area contributed by atoms with Gasteiger partial charge in [-0.2, -0.15) is 0 Å². The minimum absolute atomic E-state index is 0.0721. The van der Waals surface area contributed by atoms with E-state index in [0.29, 0.717) is 17.8 Å². The average Bonchev–Trinajstić information content (AvgIpc) is 3.38. The molecule has 4 rings (SSSR count). The van der Waals surface area contributed by atoms with Gasteiger partial charge >= 0.3 is 0 Å². The van der Waals surface area contributed by atoms with Crippen LogP contribution in [-0.2, 0) is 9.59 Å². The number of non-ortho nitro benzene ring substituents is 1. The molecule has 2 amide bonds. The summed E-state index contributed by atoms with van der Waals surface area (Å²) in [5.41, 5.74) is 2.66. The number of carbonyl (C=O) groups is 2. The number of hydrogen-bond donors (Lipinski definition) is 1. The summed E-state index contributed by atoms with van der Waals surface area (Å²) in [5.74, 6) is -0.672. The molecule has 0 atom stereocenters. The second-order valence-corrected chi connectivity index (χ2v) is 8.53. The van der Waals surface area contributed by atoms with Crippen LogP contribution in [0.25, 0.3) is 5.57 Å². The molecule has 0 unspecified atom stereocenters. The van der Waals surface area contributed by atoms with Crippen molar-refractivity contribution < 1.29 is 14.5 Å². The molecule has 8 heteroatoms. The number of rotatable bonds is 7. The SMILES string of the molecule is CC(C)CN1C(=O)C(Nc2ccc(N3CCCC3)cc2)=C(c2ccc([N+](=O)[O-])cc2)C1=O. The van der Waals surface area contributed by atoms with Crippen molar-refractivity contribution in [2.45, 2.75) is 26.7 Å². The molecule has 32 heavy (non-hydrogen) atoms. The Bertz CT molecular complexity index is 1070. The first kappa shape index (κ1) is 21.5. The first-order chi connectivity index (χ1) is 15.3. The van der Waals surface area contributed by atoms with Crippen LogP contribution in [0.1, 0.15) is 32.3 Å². The molecule has 0 saturated carbocycles. The average molecular weight is 434 g/mol. The molecule has 1 N–H and O–H groups in total. The lowest BCUT2D eigenvalue weighted by Gasteiger charge is -2.18. The molecule has 0 spiro atoms. The van der Waals surface area contributed by atoms with Crippen molar-refractivity contribution >= 4 is 34.4 Å². The van der Waals surface area contributed by atoms with Crippen LogP contribution in [0.5, 0.6) is 0 Å². The maximum absolute atomic E-state index is 13.2. The van der Waals surface area contributed by atoms with Gasteiger partial charge < -0.3 is 10.2 Å². The van der Waals surface area contributed by atoms with Crippen LogP contribution < -0.4 is 10.2 Å². The molecule has 0 radical (unpaired) electrons. The van der Waals surface area contributed by atoms with Gasteiger partial charge in [0.1, 0.15) is 5.70 Å². The predicted octanol–water partition coefficient (Wildman–Crippen LogP) is 4.04. The standard InChI is InChI=1S/C24H26N4O4/c1-16(2)15-27-23(29)21(17-5-9-20(10-6-17)28(31)32)22(24(27)30)25-18-7-11-19(12-8-18)26-13-3-4-14-26/h5-12,16,25H,3-4,13-15H2,1-2H3. The Kier molecular flexibility index (Phi) is 5.94. The summed E-state index contributed by atoms with van der Waals surface area (Å²) >= 11 is 0. The van der Waals surface area contributed by atoms with Crippen molar-refractivity contribution in [3.8, 4) is 0 Å². The fourth-order valence-corrected chi connectivity index (χ4v) is 4.12. The molecule has 8 nitrogen and oxygen atoms in total. The first-order valence-corrected chi connectivity index (χ1v) is 10.8.